The van der Waals surface area contributed by atoms with Gasteiger partial charge in [-0.3, -0.25) is 4.90 Å². The molecule has 5 heteroatoms. The molecule has 0 saturated carbocycles. The second-order valence-corrected chi connectivity index (χ2v) is 6.66. The molecule has 1 saturated heterocycles. The van der Waals surface area contributed by atoms with Gasteiger partial charge in [0.15, 0.2) is 0 Å². The van der Waals surface area contributed by atoms with E-state index in [1.54, 1.807) is 11.3 Å². The summed E-state index contributed by atoms with van der Waals surface area (Å²) in [7, 11) is 0. The number of fused-ring (bicyclic) bond motifs is 1. The summed E-state index contributed by atoms with van der Waals surface area (Å²) in [6.07, 6.45) is 6.69. The van der Waals surface area contributed by atoms with Crippen LogP contribution in [0.25, 0.3) is 10.2 Å². The van der Waals surface area contributed by atoms with E-state index < -0.39 is 0 Å². The number of nitrogens with zero attached hydrogens (tertiary/aromatic N) is 4. The molecular formula is C16H20N4S. The predicted molar refractivity (Wildman–Crippen MR) is 88.1 cm³/mol. The minimum Gasteiger partial charge on any atom is -0.354 e. The molecule has 0 N–H and O–H groups in total. The van der Waals surface area contributed by atoms with Gasteiger partial charge < -0.3 is 4.90 Å². The number of hydrogen-bond acceptors (Lipinski definition) is 5. The van der Waals surface area contributed by atoms with Crippen molar-refractivity contribution in [2.75, 3.05) is 31.1 Å². The minimum absolute atomic E-state index is 0.661. The maximum atomic E-state index is 4.82. The summed E-state index contributed by atoms with van der Waals surface area (Å²) >= 11 is 1.72. The molecular weight excluding hydrogens is 280 g/mol. The standard InChI is InChI=1S/C16H20N4S/c1-2-14-17-15(13-6-10-21-16(13)18-14)20-9-5-12(11-20)19-7-3-4-8-19/h3-4,6,10,12H,2,5,7-9,11H2,1H3. The zero-order valence-corrected chi connectivity index (χ0v) is 13.1. The average Bonchev–Trinajstić information content (AvgIpc) is 3.24. The zero-order chi connectivity index (χ0) is 14.2. The molecule has 0 spiro atoms. The molecule has 0 aliphatic carbocycles. The van der Waals surface area contributed by atoms with Gasteiger partial charge in [0.05, 0.1) is 5.39 Å². The van der Waals surface area contributed by atoms with Gasteiger partial charge in [-0.05, 0) is 17.9 Å². The monoisotopic (exact) mass is 300 g/mol. The van der Waals surface area contributed by atoms with Gasteiger partial charge in [-0.2, -0.15) is 0 Å². The Bertz CT molecular complexity index is 670. The lowest BCUT2D eigenvalue weighted by Gasteiger charge is -2.24. The van der Waals surface area contributed by atoms with Gasteiger partial charge in [0.1, 0.15) is 16.5 Å². The smallest absolute Gasteiger partial charge is 0.141 e. The molecule has 0 aromatic carbocycles. The Labute approximate surface area is 129 Å². The van der Waals surface area contributed by atoms with Crippen molar-refractivity contribution in [2.24, 2.45) is 0 Å². The Morgan fingerprint density at radius 2 is 2.14 bits per heavy atom. The van der Waals surface area contributed by atoms with Crippen LogP contribution in [0.3, 0.4) is 0 Å². The van der Waals surface area contributed by atoms with Crippen LogP contribution in [0.15, 0.2) is 23.6 Å². The largest absolute Gasteiger partial charge is 0.354 e. The van der Waals surface area contributed by atoms with E-state index in [9.17, 15) is 0 Å². The second-order valence-electron chi connectivity index (χ2n) is 5.77. The molecule has 1 fully saturated rings. The van der Waals surface area contributed by atoms with Gasteiger partial charge in [0.2, 0.25) is 0 Å². The zero-order valence-electron chi connectivity index (χ0n) is 12.3. The Morgan fingerprint density at radius 1 is 1.29 bits per heavy atom. The Kier molecular flexibility index (Phi) is 3.39. The summed E-state index contributed by atoms with van der Waals surface area (Å²) < 4.78 is 0. The van der Waals surface area contributed by atoms with E-state index in [4.69, 9.17) is 4.98 Å². The van der Waals surface area contributed by atoms with Crippen LogP contribution in [0, 0.1) is 0 Å². The van der Waals surface area contributed by atoms with E-state index in [-0.39, 0.29) is 0 Å². The van der Waals surface area contributed by atoms with E-state index in [0.29, 0.717) is 6.04 Å². The van der Waals surface area contributed by atoms with Crippen LogP contribution >= 0.6 is 11.3 Å². The number of hydrogen-bond donors (Lipinski definition) is 0. The third-order valence-electron chi connectivity index (χ3n) is 4.49. The molecule has 0 radical (unpaired) electrons. The van der Waals surface area contributed by atoms with E-state index in [1.807, 2.05) is 0 Å². The van der Waals surface area contributed by atoms with Crippen LogP contribution in [0.4, 0.5) is 5.82 Å². The van der Waals surface area contributed by atoms with Crippen molar-refractivity contribution in [3.63, 3.8) is 0 Å². The van der Waals surface area contributed by atoms with Crippen molar-refractivity contribution in [2.45, 2.75) is 25.8 Å². The van der Waals surface area contributed by atoms with Gasteiger partial charge in [0.25, 0.3) is 0 Å². The summed E-state index contributed by atoms with van der Waals surface area (Å²) in [6, 6.07) is 2.83. The predicted octanol–water partition coefficient (Wildman–Crippen LogP) is 2.70. The Hall–Kier alpha value is -1.46. The Balaban J connectivity index is 1.62. The molecule has 4 rings (SSSR count). The minimum atomic E-state index is 0.661. The first kappa shape index (κ1) is 13.2. The summed E-state index contributed by atoms with van der Waals surface area (Å²) in [5.41, 5.74) is 0. The van der Waals surface area contributed by atoms with Gasteiger partial charge in [0, 0.05) is 38.6 Å². The van der Waals surface area contributed by atoms with Crippen molar-refractivity contribution in [3.05, 3.63) is 29.4 Å². The van der Waals surface area contributed by atoms with Crippen LogP contribution in [-0.4, -0.2) is 47.1 Å². The fourth-order valence-electron chi connectivity index (χ4n) is 3.31. The lowest BCUT2D eigenvalue weighted by Crippen LogP contribution is -2.35. The highest BCUT2D eigenvalue weighted by atomic mass is 32.1. The van der Waals surface area contributed by atoms with Gasteiger partial charge >= 0.3 is 0 Å². The van der Waals surface area contributed by atoms with Crippen molar-refractivity contribution < 1.29 is 0 Å². The molecule has 2 aromatic heterocycles. The first-order valence-corrected chi connectivity index (χ1v) is 8.61. The summed E-state index contributed by atoms with van der Waals surface area (Å²) in [5.74, 6) is 2.11. The summed E-state index contributed by atoms with van der Waals surface area (Å²) in [5, 5.41) is 3.35. The lowest BCUT2D eigenvalue weighted by atomic mass is 10.2. The van der Waals surface area contributed by atoms with E-state index in [0.717, 1.165) is 49.1 Å². The molecule has 0 amide bonds. The summed E-state index contributed by atoms with van der Waals surface area (Å²) in [4.78, 5) is 15.6. The van der Waals surface area contributed by atoms with Crippen LogP contribution in [0.1, 0.15) is 19.2 Å². The third-order valence-corrected chi connectivity index (χ3v) is 5.30. The van der Waals surface area contributed by atoms with Crippen molar-refractivity contribution >= 4 is 27.4 Å². The number of aromatic nitrogens is 2. The molecule has 2 aliphatic rings. The number of anilines is 1. The van der Waals surface area contributed by atoms with E-state index in [2.05, 4.69) is 45.3 Å². The fourth-order valence-corrected chi connectivity index (χ4v) is 4.08. The highest BCUT2D eigenvalue weighted by Crippen LogP contribution is 2.31. The highest BCUT2D eigenvalue weighted by molar-refractivity contribution is 7.16. The maximum absolute atomic E-state index is 4.82. The first-order valence-electron chi connectivity index (χ1n) is 7.73. The van der Waals surface area contributed by atoms with Crippen molar-refractivity contribution in [3.8, 4) is 0 Å². The molecule has 21 heavy (non-hydrogen) atoms. The molecule has 1 atom stereocenters. The molecule has 4 heterocycles. The fraction of sp³-hybridized carbons (Fsp3) is 0.500. The van der Waals surface area contributed by atoms with Gasteiger partial charge in [-0.25, -0.2) is 9.97 Å². The second kappa shape index (κ2) is 5.39. The number of thiophene rings is 1. The molecule has 1 unspecified atom stereocenters. The lowest BCUT2D eigenvalue weighted by molar-refractivity contribution is 0.271. The van der Waals surface area contributed by atoms with Gasteiger partial charge in [-0.15, -0.1) is 11.3 Å². The van der Waals surface area contributed by atoms with Crippen LogP contribution in [0.2, 0.25) is 0 Å². The van der Waals surface area contributed by atoms with E-state index in [1.165, 1.54) is 11.8 Å². The summed E-state index contributed by atoms with van der Waals surface area (Å²) in [6.45, 7) is 6.53. The number of aryl methyl sites for hydroxylation is 1. The quantitative estimate of drug-likeness (QED) is 0.816. The SMILES string of the molecule is CCc1nc(N2CCC(N3CC=CC3)C2)c2ccsc2n1. The van der Waals surface area contributed by atoms with Crippen LogP contribution in [-0.2, 0) is 6.42 Å². The number of rotatable bonds is 3. The average molecular weight is 300 g/mol. The third kappa shape index (κ3) is 2.34. The van der Waals surface area contributed by atoms with Gasteiger partial charge in [-0.1, -0.05) is 19.1 Å². The first-order chi connectivity index (χ1) is 10.3. The maximum Gasteiger partial charge on any atom is 0.141 e. The van der Waals surface area contributed by atoms with E-state index >= 15 is 0 Å². The normalized spacial score (nSPS) is 22.7. The Morgan fingerprint density at radius 3 is 2.95 bits per heavy atom. The van der Waals surface area contributed by atoms with Crippen LogP contribution in [0.5, 0.6) is 0 Å². The molecule has 2 aliphatic heterocycles. The molecule has 4 nitrogen and oxygen atoms in total. The topological polar surface area (TPSA) is 32.3 Å². The van der Waals surface area contributed by atoms with Crippen molar-refractivity contribution in [1.82, 2.24) is 14.9 Å². The van der Waals surface area contributed by atoms with Crippen LogP contribution < -0.4 is 4.90 Å². The molecule has 110 valence electrons. The highest BCUT2D eigenvalue weighted by Gasteiger charge is 2.29. The molecule has 0 bridgehead atoms. The molecule has 2 aromatic rings. The van der Waals surface area contributed by atoms with Crippen molar-refractivity contribution in [1.29, 1.82) is 0 Å².